The van der Waals surface area contributed by atoms with E-state index in [4.69, 9.17) is 5.11 Å². The molecule has 1 rings (SSSR count). The first kappa shape index (κ1) is 11.7. The fraction of sp³-hybridized carbons (Fsp3) is 0.700. The SMILES string of the molecule is CCCCc1nnc(C)n1C(C)C(=O)O. The summed E-state index contributed by atoms with van der Waals surface area (Å²) >= 11 is 0. The molecule has 5 nitrogen and oxygen atoms in total. The predicted molar refractivity (Wildman–Crippen MR) is 55.7 cm³/mol. The molecule has 1 atom stereocenters. The van der Waals surface area contributed by atoms with Crippen molar-refractivity contribution in [3.63, 3.8) is 0 Å². The van der Waals surface area contributed by atoms with Crippen molar-refractivity contribution in [3.05, 3.63) is 11.6 Å². The van der Waals surface area contributed by atoms with Crippen molar-refractivity contribution in [2.75, 3.05) is 0 Å². The Morgan fingerprint density at radius 1 is 1.53 bits per heavy atom. The normalized spacial score (nSPS) is 12.7. The maximum Gasteiger partial charge on any atom is 0.326 e. The molecule has 0 amide bonds. The van der Waals surface area contributed by atoms with Crippen LogP contribution in [0.3, 0.4) is 0 Å². The minimum Gasteiger partial charge on any atom is -0.480 e. The third-order valence-electron chi connectivity index (χ3n) is 2.44. The molecule has 0 saturated carbocycles. The zero-order chi connectivity index (χ0) is 11.4. The average Bonchev–Trinajstić information content (AvgIpc) is 2.55. The first-order valence-corrected chi connectivity index (χ1v) is 5.21. The molecule has 0 aromatic carbocycles. The van der Waals surface area contributed by atoms with E-state index >= 15 is 0 Å². The summed E-state index contributed by atoms with van der Waals surface area (Å²) in [5.74, 6) is 0.580. The summed E-state index contributed by atoms with van der Waals surface area (Å²) in [6.45, 7) is 5.52. The van der Waals surface area contributed by atoms with Crippen molar-refractivity contribution in [2.45, 2.75) is 46.1 Å². The van der Waals surface area contributed by atoms with Gasteiger partial charge in [0.25, 0.3) is 0 Å². The molecule has 0 spiro atoms. The second kappa shape index (κ2) is 4.91. The Hall–Kier alpha value is -1.39. The van der Waals surface area contributed by atoms with E-state index in [9.17, 15) is 4.79 Å². The van der Waals surface area contributed by atoms with Crippen molar-refractivity contribution in [3.8, 4) is 0 Å². The zero-order valence-corrected chi connectivity index (χ0v) is 9.40. The van der Waals surface area contributed by atoms with Crippen LogP contribution in [0, 0.1) is 6.92 Å². The number of hydrogen-bond acceptors (Lipinski definition) is 3. The summed E-state index contributed by atoms with van der Waals surface area (Å²) in [6.07, 6.45) is 2.85. The molecule has 1 aromatic heterocycles. The molecule has 84 valence electrons. The van der Waals surface area contributed by atoms with Crippen LogP contribution in [0.2, 0.25) is 0 Å². The Morgan fingerprint density at radius 3 is 2.73 bits per heavy atom. The predicted octanol–water partition coefficient (Wildman–Crippen LogP) is 1.57. The van der Waals surface area contributed by atoms with Gasteiger partial charge in [-0.1, -0.05) is 13.3 Å². The highest BCUT2D eigenvalue weighted by Crippen LogP contribution is 2.13. The van der Waals surface area contributed by atoms with Crippen LogP contribution in [-0.2, 0) is 11.2 Å². The maximum absolute atomic E-state index is 10.9. The summed E-state index contributed by atoms with van der Waals surface area (Å²) in [5.41, 5.74) is 0. The molecule has 0 radical (unpaired) electrons. The highest BCUT2D eigenvalue weighted by atomic mass is 16.4. The molecule has 1 heterocycles. The van der Waals surface area contributed by atoms with E-state index in [0.717, 1.165) is 25.1 Å². The first-order chi connectivity index (χ1) is 7.07. The van der Waals surface area contributed by atoms with Gasteiger partial charge in [-0.05, 0) is 20.3 Å². The number of unbranched alkanes of at least 4 members (excludes halogenated alkanes) is 1. The average molecular weight is 211 g/mol. The molecule has 1 N–H and O–H groups in total. The van der Waals surface area contributed by atoms with Gasteiger partial charge in [-0.25, -0.2) is 4.79 Å². The van der Waals surface area contributed by atoms with Crippen LogP contribution >= 0.6 is 0 Å². The first-order valence-electron chi connectivity index (χ1n) is 5.21. The fourth-order valence-electron chi connectivity index (χ4n) is 1.53. The van der Waals surface area contributed by atoms with E-state index in [0.29, 0.717) is 5.82 Å². The van der Waals surface area contributed by atoms with Gasteiger partial charge in [-0.2, -0.15) is 0 Å². The lowest BCUT2D eigenvalue weighted by Crippen LogP contribution is -2.19. The molecule has 0 bridgehead atoms. The lowest BCUT2D eigenvalue weighted by Gasteiger charge is -2.12. The Bertz CT molecular complexity index is 346. The van der Waals surface area contributed by atoms with Crippen LogP contribution < -0.4 is 0 Å². The van der Waals surface area contributed by atoms with Gasteiger partial charge in [0.05, 0.1) is 0 Å². The minimum atomic E-state index is -0.851. The van der Waals surface area contributed by atoms with Crippen LogP contribution in [0.1, 0.15) is 44.4 Å². The van der Waals surface area contributed by atoms with Gasteiger partial charge >= 0.3 is 5.97 Å². The second-order valence-electron chi connectivity index (χ2n) is 3.65. The van der Waals surface area contributed by atoms with E-state index < -0.39 is 12.0 Å². The molecule has 0 aliphatic rings. The summed E-state index contributed by atoms with van der Waals surface area (Å²) in [7, 11) is 0. The van der Waals surface area contributed by atoms with E-state index in [1.807, 2.05) is 0 Å². The highest BCUT2D eigenvalue weighted by molar-refractivity contribution is 5.71. The number of hydrogen-bond donors (Lipinski definition) is 1. The van der Waals surface area contributed by atoms with Gasteiger partial charge in [0, 0.05) is 6.42 Å². The smallest absolute Gasteiger partial charge is 0.326 e. The molecular formula is C10H17N3O2. The van der Waals surface area contributed by atoms with Gasteiger partial charge in [0.1, 0.15) is 17.7 Å². The molecule has 5 heteroatoms. The van der Waals surface area contributed by atoms with E-state index in [1.165, 1.54) is 0 Å². The largest absolute Gasteiger partial charge is 0.480 e. The Kier molecular flexibility index (Phi) is 3.82. The number of carboxylic acids is 1. The molecular weight excluding hydrogens is 194 g/mol. The lowest BCUT2D eigenvalue weighted by molar-refractivity contribution is -0.140. The minimum absolute atomic E-state index is 0.591. The number of carboxylic acid groups (broad SMARTS) is 1. The van der Waals surface area contributed by atoms with Crippen molar-refractivity contribution < 1.29 is 9.90 Å². The number of aryl methyl sites for hydroxylation is 2. The van der Waals surface area contributed by atoms with E-state index in [1.54, 1.807) is 18.4 Å². The molecule has 1 aromatic rings. The van der Waals surface area contributed by atoms with E-state index in [2.05, 4.69) is 17.1 Å². The monoisotopic (exact) mass is 211 g/mol. The number of aliphatic carboxylic acids is 1. The van der Waals surface area contributed by atoms with Gasteiger partial charge in [-0.15, -0.1) is 10.2 Å². The Labute approximate surface area is 89.1 Å². The van der Waals surface area contributed by atoms with Crippen molar-refractivity contribution in [1.82, 2.24) is 14.8 Å². The Morgan fingerprint density at radius 2 is 2.20 bits per heavy atom. The van der Waals surface area contributed by atoms with Crippen molar-refractivity contribution >= 4 is 5.97 Å². The highest BCUT2D eigenvalue weighted by Gasteiger charge is 2.19. The zero-order valence-electron chi connectivity index (χ0n) is 9.40. The van der Waals surface area contributed by atoms with Crippen LogP contribution in [-0.4, -0.2) is 25.8 Å². The van der Waals surface area contributed by atoms with Crippen LogP contribution in [0.5, 0.6) is 0 Å². The quantitative estimate of drug-likeness (QED) is 0.802. The molecule has 15 heavy (non-hydrogen) atoms. The van der Waals surface area contributed by atoms with Gasteiger partial charge in [0.2, 0.25) is 0 Å². The van der Waals surface area contributed by atoms with Crippen molar-refractivity contribution in [1.29, 1.82) is 0 Å². The lowest BCUT2D eigenvalue weighted by atomic mass is 10.2. The number of rotatable bonds is 5. The molecule has 1 unspecified atom stereocenters. The fourth-order valence-corrected chi connectivity index (χ4v) is 1.53. The third-order valence-corrected chi connectivity index (χ3v) is 2.44. The summed E-state index contributed by atoms with van der Waals surface area (Å²) in [4.78, 5) is 10.9. The summed E-state index contributed by atoms with van der Waals surface area (Å²) < 4.78 is 1.69. The molecule has 0 aliphatic heterocycles. The topological polar surface area (TPSA) is 68.0 Å². The summed E-state index contributed by atoms with van der Waals surface area (Å²) in [5, 5.41) is 16.9. The van der Waals surface area contributed by atoms with Crippen molar-refractivity contribution in [2.24, 2.45) is 0 Å². The molecule has 0 saturated heterocycles. The standard InChI is InChI=1S/C10H17N3O2/c1-4-5-6-9-12-11-8(3)13(9)7(2)10(14)15/h7H,4-6H2,1-3H3,(H,14,15). The van der Waals surface area contributed by atoms with Gasteiger partial charge in [0.15, 0.2) is 0 Å². The molecule has 0 fully saturated rings. The number of nitrogens with zero attached hydrogens (tertiary/aromatic N) is 3. The maximum atomic E-state index is 10.9. The van der Waals surface area contributed by atoms with Gasteiger partial charge < -0.3 is 9.67 Å². The van der Waals surface area contributed by atoms with E-state index in [-0.39, 0.29) is 0 Å². The number of aromatic nitrogens is 3. The van der Waals surface area contributed by atoms with Gasteiger partial charge in [-0.3, -0.25) is 0 Å². The third kappa shape index (κ3) is 2.55. The van der Waals surface area contributed by atoms with Crippen LogP contribution in [0.15, 0.2) is 0 Å². The Balaban J connectivity index is 2.93. The second-order valence-corrected chi connectivity index (χ2v) is 3.65. The summed E-state index contributed by atoms with van der Waals surface area (Å²) in [6, 6.07) is -0.591. The number of carbonyl (C=O) groups is 1. The molecule has 0 aliphatic carbocycles. The van der Waals surface area contributed by atoms with Crippen LogP contribution in [0.25, 0.3) is 0 Å². The van der Waals surface area contributed by atoms with Crippen LogP contribution in [0.4, 0.5) is 0 Å².